The minimum atomic E-state index is -0.561. The Bertz CT molecular complexity index is 836. The molecule has 0 bridgehead atoms. The number of amides is 2. The Kier molecular flexibility index (Phi) is 4.48. The summed E-state index contributed by atoms with van der Waals surface area (Å²) >= 11 is 0. The van der Waals surface area contributed by atoms with Crippen molar-refractivity contribution in [1.82, 2.24) is 10.3 Å². The quantitative estimate of drug-likeness (QED) is 0.856. The van der Waals surface area contributed by atoms with E-state index in [1.807, 2.05) is 13.8 Å². The smallest absolute Gasteiger partial charge is 0.252 e. The molecule has 1 unspecified atom stereocenters. The van der Waals surface area contributed by atoms with E-state index in [-0.39, 0.29) is 23.8 Å². The zero-order valence-corrected chi connectivity index (χ0v) is 14.4. The summed E-state index contributed by atoms with van der Waals surface area (Å²) in [7, 11) is 1.47. The minimum absolute atomic E-state index is 0.0349. The van der Waals surface area contributed by atoms with Crippen LogP contribution in [0.1, 0.15) is 24.2 Å². The van der Waals surface area contributed by atoms with Crippen LogP contribution in [0, 0.1) is 11.8 Å². The van der Waals surface area contributed by atoms with Crippen molar-refractivity contribution in [2.75, 3.05) is 13.7 Å². The first kappa shape index (κ1) is 17.0. The molecule has 0 radical (unpaired) electrons. The van der Waals surface area contributed by atoms with Gasteiger partial charge in [-0.05, 0) is 29.5 Å². The zero-order valence-electron chi connectivity index (χ0n) is 14.4. The lowest BCUT2D eigenvalue weighted by Crippen LogP contribution is -2.34. The molecule has 1 saturated heterocycles. The summed E-state index contributed by atoms with van der Waals surface area (Å²) in [6.07, 6.45) is 1.61. The third-order valence-corrected chi connectivity index (χ3v) is 4.88. The third-order valence-electron chi connectivity index (χ3n) is 4.88. The number of hydrogen-bond acceptors (Lipinski definition) is 5. The van der Waals surface area contributed by atoms with E-state index < -0.39 is 5.91 Å². The fraction of sp³-hybridized carbons (Fsp3) is 0.389. The maximum atomic E-state index is 11.8. The summed E-state index contributed by atoms with van der Waals surface area (Å²) in [5.41, 5.74) is 5.70. The highest BCUT2D eigenvalue weighted by molar-refractivity contribution is 6.01. The van der Waals surface area contributed by atoms with Gasteiger partial charge in [0.1, 0.15) is 12.4 Å². The number of nitrogens with one attached hydrogen (secondary N) is 1. The Morgan fingerprint density at radius 3 is 2.72 bits per heavy atom. The van der Waals surface area contributed by atoms with Gasteiger partial charge in [-0.1, -0.05) is 13.8 Å². The van der Waals surface area contributed by atoms with Gasteiger partial charge in [0.15, 0.2) is 0 Å². The first-order chi connectivity index (χ1) is 11.9. The highest BCUT2D eigenvalue weighted by Gasteiger charge is 2.36. The molecular weight excluding hydrogens is 322 g/mol. The third kappa shape index (κ3) is 3.09. The molecule has 3 rings (SSSR count). The van der Waals surface area contributed by atoms with Crippen LogP contribution in [0.25, 0.3) is 10.8 Å². The van der Waals surface area contributed by atoms with Crippen LogP contribution < -0.4 is 20.5 Å². The Labute approximate surface area is 145 Å². The molecule has 1 aromatic heterocycles. The summed E-state index contributed by atoms with van der Waals surface area (Å²) in [5.74, 6) is 0.418. The monoisotopic (exact) mass is 343 g/mol. The van der Waals surface area contributed by atoms with Crippen molar-refractivity contribution < 1.29 is 19.1 Å². The molecule has 0 saturated carbocycles. The van der Waals surface area contributed by atoms with E-state index >= 15 is 0 Å². The molecule has 1 aromatic carbocycles. The number of rotatable bonds is 5. The predicted molar refractivity (Wildman–Crippen MR) is 92.6 cm³/mol. The number of carbonyl (C=O) groups is 2. The molecule has 7 heteroatoms. The van der Waals surface area contributed by atoms with Crippen molar-refractivity contribution in [2.45, 2.75) is 19.9 Å². The first-order valence-corrected chi connectivity index (χ1v) is 8.12. The number of hydrogen-bond donors (Lipinski definition) is 2. The van der Waals surface area contributed by atoms with Gasteiger partial charge in [-0.15, -0.1) is 0 Å². The standard InChI is InChI=1S/C18H21N3O4/c1-9-10(2)17(23)21-14(9)8-25-18-12-7-15(24-3)13(16(19)22)6-11(12)4-5-20-18/h4-7,9-10,14H,8H2,1-3H3,(H2,19,22)(H,21,23)/t9-,10?,14-/m1/s1. The Morgan fingerprint density at radius 2 is 2.12 bits per heavy atom. The highest BCUT2D eigenvalue weighted by atomic mass is 16.5. The molecule has 7 nitrogen and oxygen atoms in total. The number of fused-ring (bicyclic) bond motifs is 1. The van der Waals surface area contributed by atoms with Gasteiger partial charge >= 0.3 is 0 Å². The first-order valence-electron chi connectivity index (χ1n) is 8.12. The molecule has 3 N–H and O–H groups in total. The Morgan fingerprint density at radius 1 is 1.36 bits per heavy atom. The molecular formula is C18H21N3O4. The fourth-order valence-electron chi connectivity index (χ4n) is 3.05. The second kappa shape index (κ2) is 6.58. The topological polar surface area (TPSA) is 104 Å². The average Bonchev–Trinajstić information content (AvgIpc) is 2.85. The number of primary amides is 1. The zero-order chi connectivity index (χ0) is 18.1. The van der Waals surface area contributed by atoms with Gasteiger partial charge in [0.2, 0.25) is 11.8 Å². The molecule has 1 aliphatic heterocycles. The van der Waals surface area contributed by atoms with Gasteiger partial charge in [0, 0.05) is 17.5 Å². The summed E-state index contributed by atoms with van der Waals surface area (Å²) in [4.78, 5) is 27.6. The highest BCUT2D eigenvalue weighted by Crippen LogP contribution is 2.31. The van der Waals surface area contributed by atoms with Crippen LogP contribution in [0.5, 0.6) is 11.6 Å². The van der Waals surface area contributed by atoms with E-state index in [0.717, 1.165) is 10.8 Å². The summed E-state index contributed by atoms with van der Waals surface area (Å²) in [5, 5.41) is 4.43. The van der Waals surface area contributed by atoms with Gasteiger partial charge in [-0.2, -0.15) is 0 Å². The SMILES string of the molecule is COc1cc2c(OC[C@H]3NC(=O)C(C)[C@H]3C)nccc2cc1C(N)=O. The Balaban J connectivity index is 1.89. The van der Waals surface area contributed by atoms with Crippen molar-refractivity contribution in [3.05, 3.63) is 30.0 Å². The van der Waals surface area contributed by atoms with Gasteiger partial charge in [0.25, 0.3) is 5.91 Å². The minimum Gasteiger partial charge on any atom is -0.496 e. The maximum Gasteiger partial charge on any atom is 0.252 e. The second-order valence-electron chi connectivity index (χ2n) is 6.33. The number of methoxy groups -OCH3 is 1. The molecule has 1 fully saturated rings. The summed E-state index contributed by atoms with van der Waals surface area (Å²) in [6, 6.07) is 5.06. The van der Waals surface area contributed by atoms with Crippen molar-refractivity contribution in [3.63, 3.8) is 0 Å². The molecule has 132 valence electrons. The average molecular weight is 343 g/mol. The van der Waals surface area contributed by atoms with Crippen LogP contribution in [-0.2, 0) is 4.79 Å². The van der Waals surface area contributed by atoms with Gasteiger partial charge in [-0.25, -0.2) is 4.98 Å². The number of nitrogens with zero attached hydrogens (tertiary/aromatic N) is 1. The van der Waals surface area contributed by atoms with Gasteiger partial charge < -0.3 is 20.5 Å². The van der Waals surface area contributed by atoms with E-state index in [2.05, 4.69) is 10.3 Å². The van der Waals surface area contributed by atoms with Crippen LogP contribution in [0.15, 0.2) is 24.4 Å². The van der Waals surface area contributed by atoms with E-state index in [4.69, 9.17) is 15.2 Å². The predicted octanol–water partition coefficient (Wildman–Crippen LogP) is 1.49. The molecule has 1 aliphatic rings. The van der Waals surface area contributed by atoms with Crippen molar-refractivity contribution >= 4 is 22.6 Å². The van der Waals surface area contributed by atoms with Crippen LogP contribution in [0.2, 0.25) is 0 Å². The van der Waals surface area contributed by atoms with E-state index in [0.29, 0.717) is 23.8 Å². The van der Waals surface area contributed by atoms with E-state index in [9.17, 15) is 9.59 Å². The summed E-state index contributed by atoms with van der Waals surface area (Å²) in [6.45, 7) is 4.25. The van der Waals surface area contributed by atoms with Gasteiger partial charge in [-0.3, -0.25) is 9.59 Å². The van der Waals surface area contributed by atoms with E-state index in [1.54, 1.807) is 24.4 Å². The lowest BCUT2D eigenvalue weighted by Gasteiger charge is -2.18. The van der Waals surface area contributed by atoms with Crippen molar-refractivity contribution in [2.24, 2.45) is 17.6 Å². The molecule has 2 aromatic rings. The van der Waals surface area contributed by atoms with Crippen LogP contribution >= 0.6 is 0 Å². The number of carbonyl (C=O) groups excluding carboxylic acids is 2. The second-order valence-corrected chi connectivity index (χ2v) is 6.33. The van der Waals surface area contributed by atoms with E-state index in [1.165, 1.54) is 7.11 Å². The Hall–Kier alpha value is -2.83. The molecule has 2 amide bonds. The number of benzene rings is 1. The van der Waals surface area contributed by atoms with Crippen LogP contribution in [-0.4, -0.2) is 36.6 Å². The van der Waals surface area contributed by atoms with Crippen molar-refractivity contribution in [1.29, 1.82) is 0 Å². The molecule has 0 spiro atoms. The lowest BCUT2D eigenvalue weighted by molar-refractivity contribution is -0.122. The largest absolute Gasteiger partial charge is 0.496 e. The normalized spacial score (nSPS) is 22.7. The van der Waals surface area contributed by atoms with Crippen molar-refractivity contribution in [3.8, 4) is 11.6 Å². The van der Waals surface area contributed by atoms with Crippen LogP contribution in [0.4, 0.5) is 0 Å². The fourth-order valence-corrected chi connectivity index (χ4v) is 3.05. The number of aromatic nitrogens is 1. The molecule has 0 aliphatic carbocycles. The lowest BCUT2D eigenvalue weighted by atomic mass is 9.94. The number of ether oxygens (including phenoxy) is 2. The number of nitrogens with two attached hydrogens (primary N) is 1. The molecule has 2 heterocycles. The summed E-state index contributed by atoms with van der Waals surface area (Å²) < 4.78 is 11.1. The molecule has 25 heavy (non-hydrogen) atoms. The number of pyridine rings is 1. The van der Waals surface area contributed by atoms with Crippen LogP contribution in [0.3, 0.4) is 0 Å². The molecule has 3 atom stereocenters. The van der Waals surface area contributed by atoms with Gasteiger partial charge in [0.05, 0.1) is 18.7 Å². The maximum absolute atomic E-state index is 11.8.